The summed E-state index contributed by atoms with van der Waals surface area (Å²) in [5.74, 6) is -0.397. The molecule has 0 unspecified atom stereocenters. The van der Waals surface area contributed by atoms with E-state index in [0.29, 0.717) is 27.6 Å². The Morgan fingerprint density at radius 2 is 1.84 bits per heavy atom. The molecule has 0 radical (unpaired) electrons. The monoisotopic (exact) mass is 340 g/mol. The topological polar surface area (TPSA) is 17.1 Å². The van der Waals surface area contributed by atoms with Crippen molar-refractivity contribution in [3.63, 3.8) is 0 Å². The Morgan fingerprint density at radius 1 is 1.21 bits per heavy atom. The summed E-state index contributed by atoms with van der Waals surface area (Å²) in [5.41, 5.74) is 1.75. The van der Waals surface area contributed by atoms with Gasteiger partial charge in [-0.3, -0.25) is 4.79 Å². The van der Waals surface area contributed by atoms with Gasteiger partial charge in [0, 0.05) is 22.0 Å². The second-order valence-electron chi connectivity index (χ2n) is 4.08. The van der Waals surface area contributed by atoms with Crippen molar-refractivity contribution in [3.05, 3.63) is 57.3 Å². The zero-order valence-electron chi connectivity index (χ0n) is 10.2. The van der Waals surface area contributed by atoms with Crippen LogP contribution >= 0.6 is 27.5 Å². The minimum Gasteiger partial charge on any atom is -0.294 e. The first kappa shape index (κ1) is 14.2. The number of hydrogen-bond acceptors (Lipinski definition) is 1. The molecule has 2 rings (SSSR count). The lowest BCUT2D eigenvalue weighted by molar-refractivity contribution is 0.0988. The van der Waals surface area contributed by atoms with Gasteiger partial charge in [-0.2, -0.15) is 0 Å². The molecule has 0 aliphatic heterocycles. The number of carbonyl (C=O) groups excluding carboxylic acids is 1. The van der Waals surface area contributed by atoms with Crippen molar-refractivity contribution >= 4 is 33.3 Å². The molecule has 0 heterocycles. The summed E-state index contributed by atoms with van der Waals surface area (Å²) in [5, 5.41) is 0.0613. The molecule has 1 nitrogen and oxygen atoms in total. The van der Waals surface area contributed by atoms with Gasteiger partial charge in [-0.1, -0.05) is 48.9 Å². The number of ketones is 1. The van der Waals surface area contributed by atoms with Gasteiger partial charge in [-0.25, -0.2) is 4.39 Å². The van der Waals surface area contributed by atoms with Crippen LogP contribution < -0.4 is 0 Å². The van der Waals surface area contributed by atoms with Crippen molar-refractivity contribution in [1.29, 1.82) is 0 Å². The number of halogens is 3. The molecular weight excluding hydrogens is 331 g/mol. The van der Waals surface area contributed by atoms with E-state index < -0.39 is 5.82 Å². The minimum absolute atomic E-state index is 0.0613. The van der Waals surface area contributed by atoms with E-state index in [0.717, 1.165) is 0 Å². The molecule has 0 aromatic heterocycles. The highest BCUT2D eigenvalue weighted by Gasteiger charge is 2.12. The van der Waals surface area contributed by atoms with Crippen LogP contribution in [-0.4, -0.2) is 5.78 Å². The van der Waals surface area contributed by atoms with Crippen LogP contribution in [0.25, 0.3) is 11.1 Å². The van der Waals surface area contributed by atoms with Crippen molar-refractivity contribution in [2.75, 3.05) is 0 Å². The van der Waals surface area contributed by atoms with Crippen molar-refractivity contribution < 1.29 is 9.18 Å². The minimum atomic E-state index is -0.467. The number of carbonyl (C=O) groups is 1. The molecule has 0 saturated heterocycles. The summed E-state index contributed by atoms with van der Waals surface area (Å²) < 4.78 is 14.6. The van der Waals surface area contributed by atoms with Gasteiger partial charge in [0.25, 0.3) is 0 Å². The lowest BCUT2D eigenvalue weighted by atomic mass is 10.0. The van der Waals surface area contributed by atoms with Crippen LogP contribution in [0, 0.1) is 5.82 Å². The van der Waals surface area contributed by atoms with Crippen molar-refractivity contribution in [1.82, 2.24) is 0 Å². The summed E-state index contributed by atoms with van der Waals surface area (Å²) in [6.07, 6.45) is 0.456. The van der Waals surface area contributed by atoms with Gasteiger partial charge in [0.15, 0.2) is 11.6 Å². The van der Waals surface area contributed by atoms with Gasteiger partial charge < -0.3 is 0 Å². The van der Waals surface area contributed by atoms with E-state index in [9.17, 15) is 9.18 Å². The van der Waals surface area contributed by atoms with E-state index in [2.05, 4.69) is 15.9 Å². The zero-order chi connectivity index (χ0) is 14.0. The highest BCUT2D eigenvalue weighted by molar-refractivity contribution is 9.10. The van der Waals surface area contributed by atoms with Crippen LogP contribution in [0.1, 0.15) is 23.7 Å². The summed E-state index contributed by atoms with van der Waals surface area (Å²) in [6.45, 7) is 1.81. The van der Waals surface area contributed by atoms with Gasteiger partial charge in [0.1, 0.15) is 0 Å². The van der Waals surface area contributed by atoms with Gasteiger partial charge >= 0.3 is 0 Å². The molecule has 0 N–H and O–H groups in total. The Labute approximate surface area is 124 Å². The molecule has 0 aliphatic rings. The molecule has 4 heteroatoms. The Hall–Kier alpha value is -1.19. The van der Waals surface area contributed by atoms with Crippen LogP contribution in [0.15, 0.2) is 40.9 Å². The molecule has 2 aromatic carbocycles. The van der Waals surface area contributed by atoms with Crippen LogP contribution in [0.2, 0.25) is 5.02 Å². The van der Waals surface area contributed by atoms with E-state index in [1.54, 1.807) is 36.4 Å². The first-order chi connectivity index (χ1) is 9.04. The quantitative estimate of drug-likeness (QED) is 0.532. The lowest BCUT2D eigenvalue weighted by Gasteiger charge is -2.07. The fourth-order valence-corrected chi connectivity index (χ4v) is 2.26. The Bertz CT molecular complexity index is 623. The SMILES string of the molecule is CCC(=O)c1ccc(-c2ccc(Br)c(Cl)c2F)cc1. The van der Waals surface area contributed by atoms with Crippen molar-refractivity contribution in [3.8, 4) is 11.1 Å². The Balaban J connectivity index is 2.43. The molecule has 0 aliphatic carbocycles. The fraction of sp³-hybridized carbons (Fsp3) is 0.133. The smallest absolute Gasteiger partial charge is 0.162 e. The zero-order valence-corrected chi connectivity index (χ0v) is 12.6. The molecule has 0 atom stereocenters. The van der Waals surface area contributed by atoms with E-state index in [1.807, 2.05) is 6.92 Å². The van der Waals surface area contributed by atoms with Gasteiger partial charge in [-0.15, -0.1) is 0 Å². The van der Waals surface area contributed by atoms with Gasteiger partial charge in [0.2, 0.25) is 0 Å². The molecule has 0 spiro atoms. The molecular formula is C15H11BrClFO. The lowest BCUT2D eigenvalue weighted by Crippen LogP contribution is -1.96. The second-order valence-corrected chi connectivity index (χ2v) is 5.31. The normalized spacial score (nSPS) is 10.5. The molecule has 19 heavy (non-hydrogen) atoms. The summed E-state index contributed by atoms with van der Waals surface area (Å²) in [7, 11) is 0. The Morgan fingerprint density at radius 3 is 2.42 bits per heavy atom. The van der Waals surface area contributed by atoms with E-state index in [-0.39, 0.29) is 10.8 Å². The maximum Gasteiger partial charge on any atom is 0.162 e. The maximum atomic E-state index is 14.0. The van der Waals surface area contributed by atoms with Crippen LogP contribution in [0.4, 0.5) is 4.39 Å². The number of benzene rings is 2. The standard InChI is InChI=1S/C15H11BrClFO/c1-2-13(19)10-5-3-9(4-6-10)11-7-8-12(16)14(17)15(11)18/h3-8H,2H2,1H3. The first-order valence-electron chi connectivity index (χ1n) is 5.81. The summed E-state index contributed by atoms with van der Waals surface area (Å²) in [4.78, 5) is 11.5. The third kappa shape index (κ3) is 2.88. The van der Waals surface area contributed by atoms with Crippen LogP contribution in [-0.2, 0) is 0 Å². The fourth-order valence-electron chi connectivity index (χ4n) is 1.79. The third-order valence-electron chi connectivity index (χ3n) is 2.87. The molecule has 0 saturated carbocycles. The third-order valence-corrected chi connectivity index (χ3v) is 4.13. The summed E-state index contributed by atoms with van der Waals surface area (Å²) in [6, 6.07) is 10.2. The second kappa shape index (κ2) is 5.85. The predicted molar refractivity (Wildman–Crippen MR) is 79.2 cm³/mol. The van der Waals surface area contributed by atoms with Gasteiger partial charge in [-0.05, 0) is 27.6 Å². The largest absolute Gasteiger partial charge is 0.294 e. The van der Waals surface area contributed by atoms with Crippen LogP contribution in [0.5, 0.6) is 0 Å². The van der Waals surface area contributed by atoms with E-state index in [4.69, 9.17) is 11.6 Å². The maximum absolute atomic E-state index is 14.0. The summed E-state index contributed by atoms with van der Waals surface area (Å²) >= 11 is 9.04. The van der Waals surface area contributed by atoms with Crippen LogP contribution in [0.3, 0.4) is 0 Å². The molecule has 2 aromatic rings. The number of Topliss-reactive ketones (excluding diaryl/α,β-unsaturated/α-hetero) is 1. The highest BCUT2D eigenvalue weighted by atomic mass is 79.9. The average Bonchev–Trinajstić information content (AvgIpc) is 2.44. The molecule has 0 amide bonds. The highest BCUT2D eigenvalue weighted by Crippen LogP contribution is 2.33. The first-order valence-corrected chi connectivity index (χ1v) is 6.98. The predicted octanol–water partition coefficient (Wildman–Crippen LogP) is 5.50. The van der Waals surface area contributed by atoms with Gasteiger partial charge in [0.05, 0.1) is 5.02 Å². The molecule has 98 valence electrons. The van der Waals surface area contributed by atoms with E-state index in [1.165, 1.54) is 0 Å². The van der Waals surface area contributed by atoms with Crippen molar-refractivity contribution in [2.45, 2.75) is 13.3 Å². The Kier molecular flexibility index (Phi) is 4.38. The molecule has 0 bridgehead atoms. The molecule has 0 fully saturated rings. The van der Waals surface area contributed by atoms with Crippen molar-refractivity contribution in [2.24, 2.45) is 0 Å². The average molecular weight is 342 g/mol. The number of hydrogen-bond donors (Lipinski definition) is 0. The van der Waals surface area contributed by atoms with E-state index >= 15 is 0 Å². The number of rotatable bonds is 3.